The zero-order valence-electron chi connectivity index (χ0n) is 11.3. The van der Waals surface area contributed by atoms with Crippen LogP contribution in [0.4, 0.5) is 0 Å². The number of halogens is 1. The number of rotatable bonds is 2. The zero-order valence-corrected chi connectivity index (χ0v) is 12.9. The fourth-order valence-electron chi connectivity index (χ4n) is 3.45. The second kappa shape index (κ2) is 5.86. The number of thiophene rings is 1. The molecule has 1 saturated heterocycles. The highest BCUT2D eigenvalue weighted by atomic mass is 35.5. The normalized spacial score (nSPS) is 27.1. The van der Waals surface area contributed by atoms with Crippen LogP contribution in [0.25, 0.3) is 0 Å². The molecule has 2 fully saturated rings. The van der Waals surface area contributed by atoms with Crippen LogP contribution in [0, 0.1) is 5.92 Å². The molecule has 0 bridgehead atoms. The molecule has 5 heteroatoms. The minimum atomic E-state index is 0.0442. The number of hydrogen-bond acceptors (Lipinski definition) is 3. The number of amides is 1. The summed E-state index contributed by atoms with van der Waals surface area (Å²) >= 11 is 7.23. The van der Waals surface area contributed by atoms with Crippen LogP contribution in [-0.2, 0) is 4.79 Å². The monoisotopic (exact) mass is 311 g/mol. The average Bonchev–Trinajstić information content (AvgIpc) is 3.07. The first-order chi connectivity index (χ1) is 9.66. The van der Waals surface area contributed by atoms with Crippen LogP contribution in [0.5, 0.6) is 0 Å². The van der Waals surface area contributed by atoms with Gasteiger partial charge in [0.1, 0.15) is 5.78 Å². The van der Waals surface area contributed by atoms with E-state index < -0.39 is 0 Å². The van der Waals surface area contributed by atoms with Gasteiger partial charge in [0.2, 0.25) is 0 Å². The maximum Gasteiger partial charge on any atom is 0.264 e. The summed E-state index contributed by atoms with van der Waals surface area (Å²) < 4.78 is 0.637. The highest BCUT2D eigenvalue weighted by molar-refractivity contribution is 7.17. The lowest BCUT2D eigenvalue weighted by Crippen LogP contribution is -2.43. The Morgan fingerprint density at radius 3 is 2.80 bits per heavy atom. The molecule has 2 atom stereocenters. The molecule has 1 saturated carbocycles. The lowest BCUT2D eigenvalue weighted by Gasteiger charge is -2.32. The number of ketones is 1. The third-order valence-corrected chi connectivity index (χ3v) is 5.63. The first kappa shape index (κ1) is 14.1. The van der Waals surface area contributed by atoms with Crippen molar-refractivity contribution in [2.45, 2.75) is 44.6 Å². The molecule has 1 aromatic rings. The Labute approximate surface area is 127 Å². The number of hydrogen-bond donors (Lipinski definition) is 0. The minimum Gasteiger partial charge on any atom is -0.334 e. The van der Waals surface area contributed by atoms with Crippen molar-refractivity contribution in [2.24, 2.45) is 5.92 Å². The van der Waals surface area contributed by atoms with Crippen molar-refractivity contribution in [3.63, 3.8) is 0 Å². The van der Waals surface area contributed by atoms with Crippen molar-refractivity contribution in [2.75, 3.05) is 6.54 Å². The summed E-state index contributed by atoms with van der Waals surface area (Å²) in [4.78, 5) is 27.3. The second-order valence-electron chi connectivity index (χ2n) is 5.63. The molecule has 20 heavy (non-hydrogen) atoms. The van der Waals surface area contributed by atoms with E-state index in [0.29, 0.717) is 21.4 Å². The van der Waals surface area contributed by atoms with Crippen molar-refractivity contribution in [3.05, 3.63) is 21.3 Å². The maximum atomic E-state index is 12.6. The van der Waals surface area contributed by atoms with E-state index in [4.69, 9.17) is 11.6 Å². The number of Topliss-reactive ketones (excluding diaryl/α,β-unsaturated/α-hetero) is 1. The van der Waals surface area contributed by atoms with Gasteiger partial charge in [-0.2, -0.15) is 0 Å². The van der Waals surface area contributed by atoms with Gasteiger partial charge in [-0.05, 0) is 37.8 Å². The van der Waals surface area contributed by atoms with Gasteiger partial charge < -0.3 is 4.90 Å². The predicted molar refractivity (Wildman–Crippen MR) is 80.4 cm³/mol. The van der Waals surface area contributed by atoms with Crippen LogP contribution in [0.3, 0.4) is 0 Å². The lowest BCUT2D eigenvalue weighted by molar-refractivity contribution is -0.126. The first-order valence-electron chi connectivity index (χ1n) is 7.26. The topological polar surface area (TPSA) is 37.4 Å². The van der Waals surface area contributed by atoms with Crippen molar-refractivity contribution in [1.82, 2.24) is 4.90 Å². The summed E-state index contributed by atoms with van der Waals surface area (Å²) in [5.41, 5.74) is 0. The summed E-state index contributed by atoms with van der Waals surface area (Å²) in [7, 11) is 0. The summed E-state index contributed by atoms with van der Waals surface area (Å²) in [5, 5.41) is 0. The van der Waals surface area contributed by atoms with E-state index in [1.54, 1.807) is 12.1 Å². The molecule has 108 valence electrons. The van der Waals surface area contributed by atoms with E-state index in [9.17, 15) is 9.59 Å². The number of carbonyl (C=O) groups excluding carboxylic acids is 2. The number of nitrogens with zero attached hydrogens (tertiary/aromatic N) is 1. The SMILES string of the molecule is O=C1CCCCC1C1CCCN1C(=O)c1ccc(Cl)s1. The van der Waals surface area contributed by atoms with Gasteiger partial charge in [0.15, 0.2) is 0 Å². The van der Waals surface area contributed by atoms with Crippen molar-refractivity contribution < 1.29 is 9.59 Å². The number of likely N-dealkylation sites (tertiary alicyclic amines) is 1. The van der Waals surface area contributed by atoms with E-state index in [0.717, 1.165) is 38.6 Å². The molecule has 1 aromatic heterocycles. The van der Waals surface area contributed by atoms with Gasteiger partial charge in [-0.3, -0.25) is 9.59 Å². The van der Waals surface area contributed by atoms with Gasteiger partial charge >= 0.3 is 0 Å². The van der Waals surface area contributed by atoms with Gasteiger partial charge in [-0.1, -0.05) is 18.0 Å². The first-order valence-corrected chi connectivity index (χ1v) is 8.45. The van der Waals surface area contributed by atoms with E-state index in [1.807, 2.05) is 4.90 Å². The summed E-state index contributed by atoms with van der Waals surface area (Å²) in [5.74, 6) is 0.457. The Kier molecular flexibility index (Phi) is 4.13. The fourth-order valence-corrected chi connectivity index (χ4v) is 4.45. The van der Waals surface area contributed by atoms with Crippen LogP contribution < -0.4 is 0 Å². The largest absolute Gasteiger partial charge is 0.334 e. The van der Waals surface area contributed by atoms with E-state index in [-0.39, 0.29) is 17.9 Å². The quantitative estimate of drug-likeness (QED) is 0.834. The molecule has 1 aliphatic heterocycles. The Morgan fingerprint density at radius 2 is 2.10 bits per heavy atom. The molecule has 1 amide bonds. The zero-order chi connectivity index (χ0) is 14.1. The highest BCUT2D eigenvalue weighted by Gasteiger charge is 2.39. The lowest BCUT2D eigenvalue weighted by atomic mass is 9.82. The standard InChI is InChI=1S/C15H18ClNO2S/c16-14-8-7-13(20-14)15(19)17-9-3-5-11(17)10-4-1-2-6-12(10)18/h7-8,10-11H,1-6,9H2. The molecule has 2 heterocycles. The van der Waals surface area contributed by atoms with Crippen molar-refractivity contribution >= 4 is 34.6 Å². The van der Waals surface area contributed by atoms with E-state index in [1.165, 1.54) is 11.3 Å². The Balaban J connectivity index is 1.78. The smallest absolute Gasteiger partial charge is 0.264 e. The van der Waals surface area contributed by atoms with Gasteiger partial charge in [0, 0.05) is 24.9 Å². The van der Waals surface area contributed by atoms with Gasteiger partial charge in [0.25, 0.3) is 5.91 Å². The molecule has 1 aliphatic carbocycles. The van der Waals surface area contributed by atoms with Crippen molar-refractivity contribution in [1.29, 1.82) is 0 Å². The van der Waals surface area contributed by atoms with Crippen LogP contribution in [0.1, 0.15) is 48.2 Å². The molecule has 3 rings (SSSR count). The molecular formula is C15H18ClNO2S. The summed E-state index contributed by atoms with van der Waals surface area (Å²) in [6.45, 7) is 0.767. The third-order valence-electron chi connectivity index (χ3n) is 4.41. The summed E-state index contributed by atoms with van der Waals surface area (Å²) in [6.07, 6.45) is 5.71. The maximum absolute atomic E-state index is 12.6. The molecular weight excluding hydrogens is 294 g/mol. The fraction of sp³-hybridized carbons (Fsp3) is 0.600. The Bertz CT molecular complexity index is 528. The van der Waals surface area contributed by atoms with Gasteiger partial charge in [-0.15, -0.1) is 11.3 Å². The molecule has 3 nitrogen and oxygen atoms in total. The van der Waals surface area contributed by atoms with Gasteiger partial charge in [-0.25, -0.2) is 0 Å². The van der Waals surface area contributed by atoms with E-state index >= 15 is 0 Å². The minimum absolute atomic E-state index is 0.0442. The molecule has 2 unspecified atom stereocenters. The second-order valence-corrected chi connectivity index (χ2v) is 7.35. The van der Waals surface area contributed by atoms with E-state index in [2.05, 4.69) is 0 Å². The van der Waals surface area contributed by atoms with Gasteiger partial charge in [0.05, 0.1) is 9.21 Å². The molecule has 0 radical (unpaired) electrons. The highest BCUT2D eigenvalue weighted by Crippen LogP contribution is 2.34. The third kappa shape index (κ3) is 2.63. The predicted octanol–water partition coefficient (Wildman–Crippen LogP) is 3.77. The van der Waals surface area contributed by atoms with Crippen LogP contribution in [0.15, 0.2) is 12.1 Å². The molecule has 0 aromatic carbocycles. The van der Waals surface area contributed by atoms with Crippen molar-refractivity contribution in [3.8, 4) is 0 Å². The molecule has 2 aliphatic rings. The van der Waals surface area contributed by atoms with Crippen LogP contribution >= 0.6 is 22.9 Å². The summed E-state index contributed by atoms with van der Waals surface area (Å²) in [6, 6.07) is 3.65. The Morgan fingerprint density at radius 1 is 1.25 bits per heavy atom. The molecule has 0 spiro atoms. The van der Waals surface area contributed by atoms with Crippen LogP contribution in [0.2, 0.25) is 4.34 Å². The number of carbonyl (C=O) groups is 2. The van der Waals surface area contributed by atoms with Crippen LogP contribution in [-0.4, -0.2) is 29.2 Å². The molecule has 0 N–H and O–H groups in total. The average molecular weight is 312 g/mol. The Hall–Kier alpha value is -0.870.